The van der Waals surface area contributed by atoms with Crippen molar-refractivity contribution in [1.29, 1.82) is 0 Å². The number of anilines is 1. The number of hydrogen-bond donors (Lipinski definition) is 2. The largest absolute Gasteiger partial charge is 0.384 e. The number of hydrogen-bond acceptors (Lipinski definition) is 4. The lowest BCUT2D eigenvalue weighted by Crippen LogP contribution is -2.43. The van der Waals surface area contributed by atoms with E-state index >= 15 is 0 Å². The van der Waals surface area contributed by atoms with Gasteiger partial charge in [-0.15, -0.1) is 0 Å². The molecule has 1 aromatic carbocycles. The minimum absolute atomic E-state index is 0.682. The molecule has 4 rings (SSSR count). The Morgan fingerprint density at radius 2 is 1.97 bits per heavy atom. The van der Waals surface area contributed by atoms with Crippen LogP contribution in [0, 0.1) is 0 Å². The Morgan fingerprint density at radius 3 is 2.79 bits per heavy atom. The third-order valence-electron chi connectivity index (χ3n) is 5.90. The van der Waals surface area contributed by atoms with Gasteiger partial charge in [0.05, 0.1) is 5.52 Å². The molecule has 5 heteroatoms. The molecule has 2 heterocycles. The van der Waals surface area contributed by atoms with Crippen molar-refractivity contribution in [2.75, 3.05) is 38.0 Å². The predicted octanol–water partition coefficient (Wildman–Crippen LogP) is 5.02. The second-order valence-corrected chi connectivity index (χ2v) is 8.51. The monoisotopic (exact) mass is 410 g/mol. The van der Waals surface area contributed by atoms with Crippen molar-refractivity contribution in [1.82, 2.24) is 15.2 Å². The van der Waals surface area contributed by atoms with E-state index in [9.17, 15) is 0 Å². The van der Waals surface area contributed by atoms with Gasteiger partial charge in [0.2, 0.25) is 0 Å². The van der Waals surface area contributed by atoms with Crippen LogP contribution in [-0.2, 0) is 0 Å². The second-order valence-electron chi connectivity index (χ2n) is 8.08. The molecule has 0 atom stereocenters. The molecular formula is C24H31ClN4. The van der Waals surface area contributed by atoms with E-state index in [1.807, 2.05) is 30.5 Å². The van der Waals surface area contributed by atoms with Gasteiger partial charge in [-0.05, 0) is 81.6 Å². The number of likely N-dealkylation sites (tertiary alicyclic amines) is 1. The van der Waals surface area contributed by atoms with E-state index in [0.717, 1.165) is 54.1 Å². The molecule has 0 saturated carbocycles. The summed E-state index contributed by atoms with van der Waals surface area (Å²) in [5.41, 5.74) is 3.57. The number of unbranched alkanes of at least 4 members (excludes halogenated alkanes) is 1. The Hall–Kier alpha value is -1.88. The summed E-state index contributed by atoms with van der Waals surface area (Å²) >= 11 is 6.07. The average Bonchev–Trinajstić information content (AvgIpc) is 3.24. The zero-order chi connectivity index (χ0) is 19.9. The van der Waals surface area contributed by atoms with Gasteiger partial charge in [-0.2, -0.15) is 0 Å². The van der Waals surface area contributed by atoms with E-state index in [4.69, 9.17) is 11.6 Å². The number of aromatic nitrogens is 1. The molecule has 0 unspecified atom stereocenters. The van der Waals surface area contributed by atoms with Crippen molar-refractivity contribution in [2.24, 2.45) is 0 Å². The Kier molecular flexibility index (Phi) is 7.20. The van der Waals surface area contributed by atoms with Crippen LogP contribution in [0.25, 0.3) is 10.9 Å². The summed E-state index contributed by atoms with van der Waals surface area (Å²) in [6.07, 6.45) is 14.7. The first-order valence-corrected chi connectivity index (χ1v) is 11.3. The molecule has 2 N–H and O–H groups in total. The molecule has 2 aromatic rings. The summed E-state index contributed by atoms with van der Waals surface area (Å²) in [6, 6.07) is 8.60. The smallest absolute Gasteiger partial charge is 0.0737 e. The van der Waals surface area contributed by atoms with Crippen LogP contribution in [0.4, 0.5) is 5.69 Å². The Bertz CT molecular complexity index is 868. The highest BCUT2D eigenvalue weighted by molar-refractivity contribution is 6.31. The van der Waals surface area contributed by atoms with Crippen molar-refractivity contribution >= 4 is 28.2 Å². The van der Waals surface area contributed by atoms with Crippen LogP contribution in [-0.4, -0.2) is 48.6 Å². The molecule has 1 fully saturated rings. The van der Waals surface area contributed by atoms with Gasteiger partial charge in [0.1, 0.15) is 0 Å². The Labute approximate surface area is 179 Å². The Balaban J connectivity index is 1.11. The fraction of sp³-hybridized carbons (Fsp3) is 0.458. The first-order valence-electron chi connectivity index (χ1n) is 10.9. The van der Waals surface area contributed by atoms with E-state index in [2.05, 4.69) is 38.7 Å². The van der Waals surface area contributed by atoms with Gasteiger partial charge in [-0.1, -0.05) is 29.8 Å². The molecule has 4 nitrogen and oxygen atoms in total. The van der Waals surface area contributed by atoms with Crippen molar-refractivity contribution < 1.29 is 0 Å². The van der Waals surface area contributed by atoms with Crippen LogP contribution >= 0.6 is 11.6 Å². The number of nitrogens with zero attached hydrogens (tertiary/aromatic N) is 2. The molecule has 1 aromatic heterocycles. The van der Waals surface area contributed by atoms with Crippen LogP contribution < -0.4 is 10.6 Å². The molecule has 1 aliphatic carbocycles. The number of allylic oxidation sites excluding steroid dienone is 2. The van der Waals surface area contributed by atoms with Crippen LogP contribution in [0.5, 0.6) is 0 Å². The van der Waals surface area contributed by atoms with Gasteiger partial charge in [-0.3, -0.25) is 9.88 Å². The fourth-order valence-electron chi connectivity index (χ4n) is 4.23. The summed E-state index contributed by atoms with van der Waals surface area (Å²) in [6.45, 7) is 5.63. The number of rotatable bonds is 9. The summed E-state index contributed by atoms with van der Waals surface area (Å²) in [5, 5.41) is 9.18. The maximum atomic E-state index is 6.07. The van der Waals surface area contributed by atoms with Crippen LogP contribution in [0.15, 0.2) is 54.3 Å². The van der Waals surface area contributed by atoms with Crippen molar-refractivity contribution in [2.45, 2.75) is 38.1 Å². The number of halogens is 1. The van der Waals surface area contributed by atoms with Gasteiger partial charge < -0.3 is 10.6 Å². The quantitative estimate of drug-likeness (QED) is 0.569. The van der Waals surface area contributed by atoms with Gasteiger partial charge in [0.25, 0.3) is 0 Å². The maximum absolute atomic E-state index is 6.07. The molecule has 0 bridgehead atoms. The molecule has 1 aliphatic heterocycles. The Morgan fingerprint density at radius 1 is 1.10 bits per heavy atom. The summed E-state index contributed by atoms with van der Waals surface area (Å²) in [5.74, 6) is 0. The zero-order valence-corrected chi connectivity index (χ0v) is 17.8. The third-order valence-corrected chi connectivity index (χ3v) is 6.13. The number of nitrogens with one attached hydrogen (secondary N) is 2. The first kappa shape index (κ1) is 20.4. The zero-order valence-electron chi connectivity index (χ0n) is 17.0. The van der Waals surface area contributed by atoms with Crippen LogP contribution in [0.1, 0.15) is 32.1 Å². The maximum Gasteiger partial charge on any atom is 0.0737 e. The summed E-state index contributed by atoms with van der Waals surface area (Å²) in [4.78, 5) is 6.99. The lowest BCUT2D eigenvalue weighted by atomic mass is 10.0. The van der Waals surface area contributed by atoms with Gasteiger partial charge in [-0.25, -0.2) is 0 Å². The SMILES string of the molecule is Clc1ccc2c(NCCCCNC3CCN(CC4=CCC=C4)CC3)ccnc2c1. The van der Waals surface area contributed by atoms with Crippen LogP contribution in [0.3, 0.4) is 0 Å². The molecule has 29 heavy (non-hydrogen) atoms. The second kappa shape index (κ2) is 10.2. The van der Waals surface area contributed by atoms with Crippen molar-refractivity contribution in [3.63, 3.8) is 0 Å². The highest BCUT2D eigenvalue weighted by Crippen LogP contribution is 2.24. The molecule has 0 spiro atoms. The minimum Gasteiger partial charge on any atom is -0.384 e. The number of fused-ring (bicyclic) bond motifs is 1. The highest BCUT2D eigenvalue weighted by Gasteiger charge is 2.19. The first-order chi connectivity index (χ1) is 14.3. The topological polar surface area (TPSA) is 40.2 Å². The average molecular weight is 411 g/mol. The van der Waals surface area contributed by atoms with Gasteiger partial charge in [0.15, 0.2) is 0 Å². The normalized spacial score (nSPS) is 17.8. The molecule has 1 saturated heterocycles. The highest BCUT2D eigenvalue weighted by atomic mass is 35.5. The van der Waals surface area contributed by atoms with E-state index < -0.39 is 0 Å². The molecular weight excluding hydrogens is 380 g/mol. The fourth-order valence-corrected chi connectivity index (χ4v) is 4.40. The van der Waals surface area contributed by atoms with E-state index in [-0.39, 0.29) is 0 Å². The molecule has 154 valence electrons. The van der Waals surface area contributed by atoms with Crippen molar-refractivity contribution in [3.05, 3.63) is 59.3 Å². The van der Waals surface area contributed by atoms with Gasteiger partial charge in [0, 0.05) is 41.4 Å². The molecule has 2 aliphatic rings. The predicted molar refractivity (Wildman–Crippen MR) is 124 cm³/mol. The lowest BCUT2D eigenvalue weighted by molar-refractivity contribution is 0.212. The van der Waals surface area contributed by atoms with Gasteiger partial charge >= 0.3 is 0 Å². The van der Waals surface area contributed by atoms with E-state index in [0.29, 0.717) is 6.04 Å². The standard InChI is InChI=1S/C24H31ClN4/c25-20-7-8-22-23(9-14-28-24(22)17-20)27-13-4-3-12-26-21-10-15-29(16-11-21)18-19-5-1-2-6-19/h1,5-9,14,17,21,26H,2-4,10-13,15-16,18H2,(H,27,28). The summed E-state index contributed by atoms with van der Waals surface area (Å²) in [7, 11) is 0. The third kappa shape index (κ3) is 5.81. The molecule has 0 amide bonds. The lowest BCUT2D eigenvalue weighted by Gasteiger charge is -2.32. The van der Waals surface area contributed by atoms with E-state index in [1.165, 1.54) is 37.9 Å². The number of benzene rings is 1. The van der Waals surface area contributed by atoms with Crippen molar-refractivity contribution in [3.8, 4) is 0 Å². The molecule has 0 radical (unpaired) electrons. The minimum atomic E-state index is 0.682. The number of piperidine rings is 1. The number of pyridine rings is 1. The van der Waals surface area contributed by atoms with E-state index in [1.54, 1.807) is 0 Å². The summed E-state index contributed by atoms with van der Waals surface area (Å²) < 4.78 is 0. The van der Waals surface area contributed by atoms with Crippen LogP contribution in [0.2, 0.25) is 5.02 Å².